The Hall–Kier alpha value is -1.79. The number of nitrogens with zero attached hydrogens (tertiary/aromatic N) is 1. The molecule has 3 heteroatoms. The third kappa shape index (κ3) is 3.40. The molecule has 0 radical (unpaired) electrons. The molecular formula is C17H21NO2. The topological polar surface area (TPSA) is 40.5 Å². The molecular weight excluding hydrogens is 250 g/mol. The SMILES string of the molecule is Cc1c(C#CCCO)cccc1C(=O)N1CCCCC1. The van der Waals surface area contributed by atoms with Crippen molar-refractivity contribution in [2.75, 3.05) is 19.7 Å². The lowest BCUT2D eigenvalue weighted by Gasteiger charge is -2.27. The predicted molar refractivity (Wildman–Crippen MR) is 79.5 cm³/mol. The Bertz CT molecular complexity index is 534. The zero-order valence-electron chi connectivity index (χ0n) is 12.0. The summed E-state index contributed by atoms with van der Waals surface area (Å²) in [6.07, 6.45) is 3.88. The van der Waals surface area contributed by atoms with E-state index in [1.165, 1.54) is 6.42 Å². The monoisotopic (exact) mass is 271 g/mol. The standard InChI is InChI=1S/C17H21NO2/c1-14-15(8-3-6-13-19)9-7-10-16(14)17(20)18-11-4-2-5-12-18/h7,9-10,19H,2,4-6,11-13H2,1H3. The van der Waals surface area contributed by atoms with Gasteiger partial charge in [0.1, 0.15) is 0 Å². The van der Waals surface area contributed by atoms with Gasteiger partial charge in [0.25, 0.3) is 5.91 Å². The second kappa shape index (κ2) is 7.12. The first-order valence-corrected chi connectivity index (χ1v) is 7.22. The fraction of sp³-hybridized carbons (Fsp3) is 0.471. The summed E-state index contributed by atoms with van der Waals surface area (Å²) in [6, 6.07) is 5.68. The van der Waals surface area contributed by atoms with Crippen molar-refractivity contribution in [1.82, 2.24) is 4.90 Å². The van der Waals surface area contributed by atoms with Gasteiger partial charge in [-0.15, -0.1) is 0 Å². The van der Waals surface area contributed by atoms with Crippen molar-refractivity contribution in [1.29, 1.82) is 0 Å². The molecule has 0 unspecified atom stereocenters. The fourth-order valence-electron chi connectivity index (χ4n) is 2.48. The third-order valence-corrected chi connectivity index (χ3v) is 3.67. The Morgan fingerprint density at radius 1 is 1.30 bits per heavy atom. The molecule has 0 bridgehead atoms. The molecule has 1 amide bonds. The molecule has 0 spiro atoms. The maximum Gasteiger partial charge on any atom is 0.254 e. The van der Waals surface area contributed by atoms with Crippen LogP contribution in [0, 0.1) is 18.8 Å². The molecule has 0 atom stereocenters. The van der Waals surface area contributed by atoms with Crippen molar-refractivity contribution in [2.24, 2.45) is 0 Å². The fourth-order valence-corrected chi connectivity index (χ4v) is 2.48. The number of likely N-dealkylation sites (tertiary alicyclic amines) is 1. The van der Waals surface area contributed by atoms with Crippen molar-refractivity contribution in [3.05, 3.63) is 34.9 Å². The van der Waals surface area contributed by atoms with Crippen LogP contribution in [-0.2, 0) is 0 Å². The first-order chi connectivity index (χ1) is 9.74. The van der Waals surface area contributed by atoms with Gasteiger partial charge in [-0.05, 0) is 43.9 Å². The zero-order valence-corrected chi connectivity index (χ0v) is 12.0. The lowest BCUT2D eigenvalue weighted by molar-refractivity contribution is 0.0723. The van der Waals surface area contributed by atoms with Crippen molar-refractivity contribution in [3.8, 4) is 11.8 Å². The van der Waals surface area contributed by atoms with E-state index < -0.39 is 0 Å². The van der Waals surface area contributed by atoms with E-state index in [1.807, 2.05) is 30.0 Å². The van der Waals surface area contributed by atoms with Gasteiger partial charge in [-0.25, -0.2) is 0 Å². The minimum atomic E-state index is 0.0679. The molecule has 1 aliphatic rings. The Morgan fingerprint density at radius 2 is 2.05 bits per heavy atom. The maximum atomic E-state index is 12.5. The number of hydrogen-bond donors (Lipinski definition) is 1. The van der Waals surface area contributed by atoms with Gasteiger partial charge >= 0.3 is 0 Å². The largest absolute Gasteiger partial charge is 0.395 e. The molecule has 1 N–H and O–H groups in total. The molecule has 0 aromatic heterocycles. The predicted octanol–water partition coefficient (Wildman–Crippen LogP) is 2.36. The lowest BCUT2D eigenvalue weighted by Crippen LogP contribution is -2.36. The molecule has 1 fully saturated rings. The summed E-state index contributed by atoms with van der Waals surface area (Å²) in [7, 11) is 0. The minimum Gasteiger partial charge on any atom is -0.395 e. The van der Waals surface area contributed by atoms with E-state index in [1.54, 1.807) is 0 Å². The molecule has 1 saturated heterocycles. The van der Waals surface area contributed by atoms with Crippen LogP contribution >= 0.6 is 0 Å². The maximum absolute atomic E-state index is 12.5. The number of hydrogen-bond acceptors (Lipinski definition) is 2. The number of carbonyl (C=O) groups excluding carboxylic acids is 1. The van der Waals surface area contributed by atoms with Crippen LogP contribution in [0.4, 0.5) is 0 Å². The summed E-state index contributed by atoms with van der Waals surface area (Å²) < 4.78 is 0. The van der Waals surface area contributed by atoms with Crippen LogP contribution in [0.15, 0.2) is 18.2 Å². The van der Waals surface area contributed by atoms with Crippen LogP contribution in [0.2, 0.25) is 0 Å². The molecule has 0 saturated carbocycles. The highest BCUT2D eigenvalue weighted by Crippen LogP contribution is 2.18. The van der Waals surface area contributed by atoms with Crippen LogP contribution in [0.5, 0.6) is 0 Å². The molecule has 1 aliphatic heterocycles. The van der Waals surface area contributed by atoms with Crippen LogP contribution in [0.1, 0.15) is 47.2 Å². The van der Waals surface area contributed by atoms with Crippen LogP contribution in [0.25, 0.3) is 0 Å². The average molecular weight is 271 g/mol. The Balaban J connectivity index is 2.21. The number of amides is 1. The summed E-state index contributed by atoms with van der Waals surface area (Å²) in [6.45, 7) is 3.73. The van der Waals surface area contributed by atoms with E-state index in [9.17, 15) is 4.79 Å². The molecule has 2 rings (SSSR count). The summed E-state index contributed by atoms with van der Waals surface area (Å²) >= 11 is 0. The average Bonchev–Trinajstić information content (AvgIpc) is 2.49. The van der Waals surface area contributed by atoms with Gasteiger partial charge in [0.15, 0.2) is 0 Å². The minimum absolute atomic E-state index is 0.0679. The molecule has 1 aromatic rings. The molecule has 106 valence electrons. The van der Waals surface area contributed by atoms with E-state index in [0.29, 0.717) is 6.42 Å². The molecule has 0 aliphatic carbocycles. The highest BCUT2D eigenvalue weighted by atomic mass is 16.2. The van der Waals surface area contributed by atoms with Gasteiger partial charge in [-0.1, -0.05) is 17.9 Å². The van der Waals surface area contributed by atoms with E-state index in [4.69, 9.17) is 5.11 Å². The van der Waals surface area contributed by atoms with Gasteiger partial charge in [0, 0.05) is 30.6 Å². The van der Waals surface area contributed by atoms with Crippen LogP contribution in [-0.4, -0.2) is 35.6 Å². The van der Waals surface area contributed by atoms with E-state index in [0.717, 1.165) is 42.6 Å². The second-order valence-corrected chi connectivity index (χ2v) is 5.11. The van der Waals surface area contributed by atoms with Gasteiger partial charge in [-0.3, -0.25) is 4.79 Å². The van der Waals surface area contributed by atoms with Crippen molar-refractivity contribution in [3.63, 3.8) is 0 Å². The quantitative estimate of drug-likeness (QED) is 0.839. The van der Waals surface area contributed by atoms with Gasteiger partial charge in [0.2, 0.25) is 0 Å². The Morgan fingerprint density at radius 3 is 2.75 bits per heavy atom. The molecule has 1 heterocycles. The number of carbonyl (C=O) groups is 1. The summed E-state index contributed by atoms with van der Waals surface area (Å²) in [4.78, 5) is 14.5. The Labute approximate surface area is 120 Å². The number of piperidine rings is 1. The van der Waals surface area contributed by atoms with Crippen molar-refractivity contribution < 1.29 is 9.90 Å². The van der Waals surface area contributed by atoms with Crippen LogP contribution < -0.4 is 0 Å². The molecule has 1 aromatic carbocycles. The summed E-state index contributed by atoms with van der Waals surface area (Å²) in [5.41, 5.74) is 2.57. The van der Waals surface area contributed by atoms with Gasteiger partial charge < -0.3 is 10.0 Å². The van der Waals surface area contributed by atoms with Gasteiger partial charge in [-0.2, -0.15) is 0 Å². The van der Waals surface area contributed by atoms with E-state index in [2.05, 4.69) is 11.8 Å². The second-order valence-electron chi connectivity index (χ2n) is 5.11. The lowest BCUT2D eigenvalue weighted by atomic mass is 10.0. The normalized spacial score (nSPS) is 14.6. The van der Waals surface area contributed by atoms with E-state index in [-0.39, 0.29) is 12.5 Å². The first-order valence-electron chi connectivity index (χ1n) is 7.22. The van der Waals surface area contributed by atoms with Gasteiger partial charge in [0.05, 0.1) is 6.61 Å². The molecule has 20 heavy (non-hydrogen) atoms. The highest BCUT2D eigenvalue weighted by molar-refractivity contribution is 5.96. The number of benzene rings is 1. The number of aliphatic hydroxyl groups is 1. The highest BCUT2D eigenvalue weighted by Gasteiger charge is 2.20. The Kier molecular flexibility index (Phi) is 5.20. The first kappa shape index (κ1) is 14.6. The zero-order chi connectivity index (χ0) is 14.4. The molecule has 3 nitrogen and oxygen atoms in total. The number of aliphatic hydroxyl groups excluding tert-OH is 1. The summed E-state index contributed by atoms with van der Waals surface area (Å²) in [5, 5.41) is 8.76. The van der Waals surface area contributed by atoms with E-state index >= 15 is 0 Å². The summed E-state index contributed by atoms with van der Waals surface area (Å²) in [5.74, 6) is 6.06. The van der Waals surface area contributed by atoms with Crippen LogP contribution in [0.3, 0.4) is 0 Å². The van der Waals surface area contributed by atoms with Crippen molar-refractivity contribution in [2.45, 2.75) is 32.6 Å². The number of rotatable bonds is 2. The third-order valence-electron chi connectivity index (χ3n) is 3.67. The smallest absolute Gasteiger partial charge is 0.254 e. The van der Waals surface area contributed by atoms with Crippen molar-refractivity contribution >= 4 is 5.91 Å².